The molecular formula is C26H40N2O3. The summed E-state index contributed by atoms with van der Waals surface area (Å²) in [5.41, 5.74) is 0. The molecule has 2 aromatic rings. The molecule has 2 aromatic heterocycles. The van der Waals surface area contributed by atoms with E-state index in [1.807, 2.05) is 18.2 Å². The lowest BCUT2D eigenvalue weighted by atomic mass is 9.80. The first-order valence-electron chi connectivity index (χ1n) is 12.5. The van der Waals surface area contributed by atoms with Gasteiger partial charge in [0.25, 0.3) is 0 Å². The van der Waals surface area contributed by atoms with Gasteiger partial charge in [-0.2, -0.15) is 0 Å². The normalized spacial score (nSPS) is 26.4. The van der Waals surface area contributed by atoms with Gasteiger partial charge >= 0.3 is 0 Å². The molecule has 1 aliphatic carbocycles. The molecule has 2 unspecified atom stereocenters. The van der Waals surface area contributed by atoms with Crippen LogP contribution in [-0.4, -0.2) is 47.2 Å². The van der Waals surface area contributed by atoms with E-state index in [1.165, 1.54) is 51.4 Å². The van der Waals surface area contributed by atoms with Gasteiger partial charge in [0.2, 0.25) is 0 Å². The second-order valence-corrected chi connectivity index (χ2v) is 9.67. The maximum absolute atomic E-state index is 11.5. The highest BCUT2D eigenvalue weighted by molar-refractivity contribution is 5.00. The average molecular weight is 429 g/mol. The van der Waals surface area contributed by atoms with Gasteiger partial charge in [0, 0.05) is 19.0 Å². The lowest BCUT2D eigenvalue weighted by molar-refractivity contribution is 0.0180. The Morgan fingerprint density at radius 1 is 0.742 bits per heavy atom. The van der Waals surface area contributed by atoms with E-state index in [4.69, 9.17) is 8.83 Å². The Morgan fingerprint density at radius 2 is 1.29 bits per heavy atom. The molecule has 5 nitrogen and oxygen atoms in total. The van der Waals surface area contributed by atoms with Gasteiger partial charge in [0.1, 0.15) is 11.5 Å². The van der Waals surface area contributed by atoms with Crippen molar-refractivity contribution in [1.82, 2.24) is 9.80 Å². The summed E-state index contributed by atoms with van der Waals surface area (Å²) in [6, 6.07) is 8.04. The van der Waals surface area contributed by atoms with Crippen molar-refractivity contribution in [1.29, 1.82) is 0 Å². The predicted octanol–water partition coefficient (Wildman–Crippen LogP) is 5.31. The first-order valence-corrected chi connectivity index (χ1v) is 12.5. The van der Waals surface area contributed by atoms with E-state index in [0.29, 0.717) is 11.8 Å². The largest absolute Gasteiger partial charge is 0.468 e. The monoisotopic (exact) mass is 428 g/mol. The first kappa shape index (κ1) is 22.6. The van der Waals surface area contributed by atoms with Gasteiger partial charge in [0.15, 0.2) is 0 Å². The SMILES string of the molecule is OC1CN(Cc2ccco2)CCCN(Cc2ccco2)CC1C1CCCCCCCC1. The number of rotatable bonds is 5. The maximum Gasteiger partial charge on any atom is 0.117 e. The molecule has 0 spiro atoms. The van der Waals surface area contributed by atoms with E-state index < -0.39 is 0 Å². The second-order valence-electron chi connectivity index (χ2n) is 9.67. The van der Waals surface area contributed by atoms with Crippen LogP contribution in [0.3, 0.4) is 0 Å². The van der Waals surface area contributed by atoms with E-state index >= 15 is 0 Å². The molecule has 31 heavy (non-hydrogen) atoms. The molecule has 172 valence electrons. The summed E-state index contributed by atoms with van der Waals surface area (Å²) in [6.07, 6.45) is 14.9. The zero-order valence-corrected chi connectivity index (χ0v) is 19.0. The Bertz CT molecular complexity index is 705. The van der Waals surface area contributed by atoms with Crippen LogP contribution in [0.25, 0.3) is 0 Å². The number of hydrogen-bond donors (Lipinski definition) is 1. The van der Waals surface area contributed by atoms with Crippen molar-refractivity contribution in [3.05, 3.63) is 48.3 Å². The Hall–Kier alpha value is -1.56. The number of β-amino-alcohol motifs (C(OH)–C–C–N with tert-alkyl or cyclic N) is 1. The van der Waals surface area contributed by atoms with Gasteiger partial charge in [-0.25, -0.2) is 0 Å². The number of aliphatic hydroxyl groups is 1. The van der Waals surface area contributed by atoms with Gasteiger partial charge in [-0.3, -0.25) is 9.80 Å². The molecule has 5 heteroatoms. The molecule has 2 aliphatic rings. The van der Waals surface area contributed by atoms with Crippen molar-refractivity contribution in [2.45, 2.75) is 77.0 Å². The minimum absolute atomic E-state index is 0.307. The Kier molecular flexibility index (Phi) is 8.68. The van der Waals surface area contributed by atoms with Gasteiger partial charge in [-0.05, 0) is 49.7 Å². The van der Waals surface area contributed by atoms with E-state index in [-0.39, 0.29) is 6.10 Å². The van der Waals surface area contributed by atoms with Crippen molar-refractivity contribution in [2.75, 3.05) is 26.2 Å². The van der Waals surface area contributed by atoms with Crippen LogP contribution in [0.15, 0.2) is 45.6 Å². The van der Waals surface area contributed by atoms with Crippen molar-refractivity contribution in [3.63, 3.8) is 0 Å². The Morgan fingerprint density at radius 3 is 1.84 bits per heavy atom. The zero-order valence-electron chi connectivity index (χ0n) is 19.0. The fraction of sp³-hybridized carbons (Fsp3) is 0.692. The summed E-state index contributed by atoms with van der Waals surface area (Å²) in [5.74, 6) is 2.92. The van der Waals surface area contributed by atoms with Gasteiger partial charge in [-0.15, -0.1) is 0 Å². The summed E-state index contributed by atoms with van der Waals surface area (Å²) in [4.78, 5) is 4.91. The highest BCUT2D eigenvalue weighted by Gasteiger charge is 2.32. The van der Waals surface area contributed by atoms with Crippen molar-refractivity contribution < 1.29 is 13.9 Å². The molecule has 0 radical (unpaired) electrons. The number of nitrogens with zero attached hydrogens (tertiary/aromatic N) is 2. The Balaban J connectivity index is 1.50. The van der Waals surface area contributed by atoms with Crippen LogP contribution in [0.5, 0.6) is 0 Å². The molecule has 3 heterocycles. The quantitative estimate of drug-likeness (QED) is 0.700. The molecule has 0 bridgehead atoms. The molecule has 2 fully saturated rings. The van der Waals surface area contributed by atoms with Crippen LogP contribution >= 0.6 is 0 Å². The molecule has 1 aliphatic heterocycles. The topological polar surface area (TPSA) is 53.0 Å². The summed E-state index contributed by atoms with van der Waals surface area (Å²) < 4.78 is 11.3. The first-order chi connectivity index (χ1) is 15.3. The predicted molar refractivity (Wildman–Crippen MR) is 123 cm³/mol. The van der Waals surface area contributed by atoms with Crippen molar-refractivity contribution in [3.8, 4) is 0 Å². The smallest absolute Gasteiger partial charge is 0.117 e. The van der Waals surface area contributed by atoms with Crippen LogP contribution in [0.1, 0.15) is 69.3 Å². The maximum atomic E-state index is 11.5. The van der Waals surface area contributed by atoms with Crippen LogP contribution < -0.4 is 0 Å². The molecular weight excluding hydrogens is 388 g/mol. The summed E-state index contributed by atoms with van der Waals surface area (Å²) in [7, 11) is 0. The number of furan rings is 2. The van der Waals surface area contributed by atoms with E-state index in [0.717, 1.165) is 57.2 Å². The minimum Gasteiger partial charge on any atom is -0.468 e. The van der Waals surface area contributed by atoms with E-state index in [1.54, 1.807) is 12.5 Å². The Labute approximate surface area is 187 Å². The van der Waals surface area contributed by atoms with Crippen LogP contribution in [0.4, 0.5) is 0 Å². The van der Waals surface area contributed by atoms with Gasteiger partial charge in [-0.1, -0.05) is 51.4 Å². The lowest BCUT2D eigenvalue weighted by Crippen LogP contribution is -2.42. The highest BCUT2D eigenvalue weighted by atomic mass is 16.3. The van der Waals surface area contributed by atoms with E-state index in [2.05, 4.69) is 15.9 Å². The third kappa shape index (κ3) is 6.96. The molecule has 0 amide bonds. The molecule has 1 saturated carbocycles. The van der Waals surface area contributed by atoms with Crippen molar-refractivity contribution >= 4 is 0 Å². The molecule has 1 saturated heterocycles. The fourth-order valence-corrected chi connectivity index (χ4v) is 5.61. The van der Waals surface area contributed by atoms with Gasteiger partial charge in [0.05, 0.1) is 31.7 Å². The molecule has 2 atom stereocenters. The summed E-state index contributed by atoms with van der Waals surface area (Å²) in [5, 5.41) is 11.5. The standard InChI is InChI=1S/C26H40N2O3/c29-26-21-28(19-24-13-8-17-31-24)15-9-14-27(18-23-12-7-16-30-23)20-25(26)22-10-5-3-1-2-4-6-11-22/h7-8,12-13,16-17,22,25-26,29H,1-6,9-11,14-15,18-21H2. The summed E-state index contributed by atoms with van der Waals surface area (Å²) in [6.45, 7) is 5.31. The lowest BCUT2D eigenvalue weighted by Gasteiger charge is -2.35. The van der Waals surface area contributed by atoms with Crippen LogP contribution in [0, 0.1) is 11.8 Å². The minimum atomic E-state index is -0.307. The average Bonchev–Trinajstić information content (AvgIpc) is 3.47. The van der Waals surface area contributed by atoms with E-state index in [9.17, 15) is 5.11 Å². The van der Waals surface area contributed by atoms with Crippen LogP contribution in [0.2, 0.25) is 0 Å². The molecule has 1 N–H and O–H groups in total. The molecule has 4 rings (SSSR count). The zero-order chi connectivity index (χ0) is 21.3. The van der Waals surface area contributed by atoms with Gasteiger partial charge < -0.3 is 13.9 Å². The third-order valence-electron chi connectivity index (χ3n) is 7.28. The highest BCUT2D eigenvalue weighted by Crippen LogP contribution is 2.32. The number of hydrogen-bond acceptors (Lipinski definition) is 5. The number of aliphatic hydroxyl groups excluding tert-OH is 1. The fourth-order valence-electron chi connectivity index (χ4n) is 5.61. The third-order valence-corrected chi connectivity index (χ3v) is 7.28. The molecule has 0 aromatic carbocycles. The second kappa shape index (κ2) is 11.9. The van der Waals surface area contributed by atoms with Crippen LogP contribution in [-0.2, 0) is 13.1 Å². The van der Waals surface area contributed by atoms with Crippen molar-refractivity contribution in [2.24, 2.45) is 11.8 Å². The summed E-state index contributed by atoms with van der Waals surface area (Å²) >= 11 is 0.